The predicted octanol–water partition coefficient (Wildman–Crippen LogP) is 3.50. The van der Waals surface area contributed by atoms with E-state index in [1.807, 2.05) is 24.3 Å². The fourth-order valence-electron chi connectivity index (χ4n) is 3.55. The molecular formula is C24H20ClFN3O3+. The molecule has 1 fully saturated rings. The fraction of sp³-hybridized carbons (Fsp3) is 0.125. The van der Waals surface area contributed by atoms with E-state index >= 15 is 0 Å². The number of hydrazone groups is 1. The van der Waals surface area contributed by atoms with Gasteiger partial charge in [-0.25, -0.2) is 4.39 Å². The van der Waals surface area contributed by atoms with Crippen LogP contribution in [0.15, 0.2) is 72.8 Å². The molecule has 2 N–H and O–H groups in total. The lowest BCUT2D eigenvalue weighted by Crippen LogP contribution is -2.42. The van der Waals surface area contributed by atoms with Crippen LogP contribution >= 0.6 is 11.6 Å². The Kier molecular flexibility index (Phi) is 6.18. The number of hydrogen-bond acceptors (Lipinski definition) is 3. The number of carbonyl (C=O) groups excluding carboxylic acids is 2. The van der Waals surface area contributed by atoms with Crippen LogP contribution in [0.25, 0.3) is 0 Å². The molecule has 32 heavy (non-hydrogen) atoms. The molecule has 162 valence electrons. The number of ether oxygens (including phenoxy) is 1. The highest BCUT2D eigenvalue weighted by molar-refractivity contribution is 6.30. The van der Waals surface area contributed by atoms with Crippen LogP contribution in [0.1, 0.15) is 27.5 Å². The highest BCUT2D eigenvalue weighted by Gasteiger charge is 2.47. The van der Waals surface area contributed by atoms with Gasteiger partial charge in [0.2, 0.25) is 12.3 Å². The molecule has 1 heterocycles. The first-order valence-electron chi connectivity index (χ1n) is 9.84. The number of rotatable bonds is 5. The average molecular weight is 453 g/mol. The molecule has 0 radical (unpaired) electrons. The zero-order chi connectivity index (χ0) is 22.7. The summed E-state index contributed by atoms with van der Waals surface area (Å²) >= 11 is 6.04. The minimum Gasteiger partial charge on any atom is -0.497 e. The van der Waals surface area contributed by atoms with E-state index in [-0.39, 0.29) is 11.5 Å². The molecule has 0 aromatic heterocycles. The van der Waals surface area contributed by atoms with Gasteiger partial charge in [-0.15, -0.1) is 10.1 Å². The van der Waals surface area contributed by atoms with Crippen molar-refractivity contribution in [1.29, 1.82) is 0 Å². The van der Waals surface area contributed by atoms with Crippen LogP contribution in [0.4, 0.5) is 4.39 Å². The minimum atomic E-state index is -0.893. The summed E-state index contributed by atoms with van der Waals surface area (Å²) in [5.41, 5.74) is 4.64. The second-order valence-electron chi connectivity index (χ2n) is 7.24. The highest BCUT2D eigenvalue weighted by Crippen LogP contribution is 2.27. The lowest BCUT2D eigenvalue weighted by molar-refractivity contribution is -0.596. The molecule has 0 spiro atoms. The van der Waals surface area contributed by atoms with Crippen molar-refractivity contribution in [2.45, 2.75) is 12.1 Å². The first kappa shape index (κ1) is 21.5. The van der Waals surface area contributed by atoms with E-state index in [0.717, 1.165) is 11.1 Å². The molecule has 1 saturated heterocycles. The third kappa shape index (κ3) is 4.63. The standard InChI is InChI=1S/C24H19ClFN3O3/c1-32-20-4-2-3-15(13-20)14-29-22(16-5-9-18(25)10-6-16)21(24(31)28-29)27-23(30)17-7-11-19(26)12-8-17/h2-14,21-22H,1H3,(H-,27,28,30,31)/p+1/b29-14-/t21-,22+/m1/s1. The Labute approximate surface area is 189 Å². The zero-order valence-corrected chi connectivity index (χ0v) is 17.8. The second-order valence-corrected chi connectivity index (χ2v) is 7.68. The van der Waals surface area contributed by atoms with Gasteiger partial charge in [0, 0.05) is 21.7 Å². The van der Waals surface area contributed by atoms with E-state index in [9.17, 15) is 14.0 Å². The molecule has 0 bridgehead atoms. The Balaban J connectivity index is 1.70. The summed E-state index contributed by atoms with van der Waals surface area (Å²) in [5.74, 6) is -0.626. The van der Waals surface area contributed by atoms with Gasteiger partial charge in [0.1, 0.15) is 11.6 Å². The van der Waals surface area contributed by atoms with Gasteiger partial charge < -0.3 is 10.1 Å². The number of hydrazine groups is 1. The SMILES string of the molecule is COc1cccc(/C=[N+]2\NC(=O)[C@H](NC(=O)c3ccc(F)cc3)[C@@H]2c2ccc(Cl)cc2)c1. The fourth-order valence-corrected chi connectivity index (χ4v) is 3.67. The Hall–Kier alpha value is -3.71. The summed E-state index contributed by atoms with van der Waals surface area (Å²) in [5, 5.41) is 3.33. The molecule has 2 atom stereocenters. The third-order valence-corrected chi connectivity index (χ3v) is 5.38. The van der Waals surface area contributed by atoms with Gasteiger partial charge in [-0.3, -0.25) is 9.59 Å². The number of amides is 2. The van der Waals surface area contributed by atoms with Crippen molar-refractivity contribution < 1.29 is 23.4 Å². The number of halogens is 2. The summed E-state index contributed by atoms with van der Waals surface area (Å²) < 4.78 is 20.1. The molecule has 0 saturated carbocycles. The van der Waals surface area contributed by atoms with Gasteiger partial charge in [0.25, 0.3) is 5.91 Å². The van der Waals surface area contributed by atoms with E-state index in [0.29, 0.717) is 10.8 Å². The van der Waals surface area contributed by atoms with Crippen molar-refractivity contribution in [2.75, 3.05) is 7.11 Å². The van der Waals surface area contributed by atoms with E-state index in [1.54, 1.807) is 42.3 Å². The third-order valence-electron chi connectivity index (χ3n) is 5.12. The zero-order valence-electron chi connectivity index (χ0n) is 17.1. The largest absolute Gasteiger partial charge is 0.497 e. The van der Waals surface area contributed by atoms with Crippen LogP contribution < -0.4 is 15.5 Å². The Morgan fingerprint density at radius 1 is 1.12 bits per heavy atom. The molecule has 4 rings (SSSR count). The van der Waals surface area contributed by atoms with Crippen LogP contribution in [-0.4, -0.2) is 35.9 Å². The molecule has 1 aliphatic heterocycles. The van der Waals surface area contributed by atoms with Crippen molar-refractivity contribution in [1.82, 2.24) is 10.7 Å². The van der Waals surface area contributed by atoms with Crippen LogP contribution in [0.2, 0.25) is 5.02 Å². The van der Waals surface area contributed by atoms with Gasteiger partial charge in [-0.05, 0) is 54.6 Å². The van der Waals surface area contributed by atoms with Gasteiger partial charge in [-0.1, -0.05) is 29.8 Å². The maximum atomic E-state index is 13.2. The molecule has 3 aromatic carbocycles. The lowest BCUT2D eigenvalue weighted by Gasteiger charge is -2.15. The summed E-state index contributed by atoms with van der Waals surface area (Å²) in [6, 6.07) is 18.1. The van der Waals surface area contributed by atoms with Gasteiger partial charge in [-0.2, -0.15) is 0 Å². The minimum absolute atomic E-state index is 0.254. The maximum absolute atomic E-state index is 13.2. The van der Waals surface area contributed by atoms with Crippen LogP contribution in [0.3, 0.4) is 0 Å². The number of nitrogens with one attached hydrogen (secondary N) is 2. The summed E-state index contributed by atoms with van der Waals surface area (Å²) in [6.07, 6.45) is 1.77. The molecule has 0 unspecified atom stereocenters. The van der Waals surface area contributed by atoms with Gasteiger partial charge >= 0.3 is 5.91 Å². The Morgan fingerprint density at radius 2 is 1.84 bits per heavy atom. The molecule has 3 aromatic rings. The summed E-state index contributed by atoms with van der Waals surface area (Å²) in [4.78, 5) is 25.6. The van der Waals surface area contributed by atoms with Crippen molar-refractivity contribution in [2.24, 2.45) is 0 Å². The number of hydrogen-bond donors (Lipinski definition) is 2. The topological polar surface area (TPSA) is 70.4 Å². The van der Waals surface area contributed by atoms with E-state index in [1.165, 1.54) is 24.3 Å². The van der Waals surface area contributed by atoms with E-state index in [2.05, 4.69) is 10.7 Å². The van der Waals surface area contributed by atoms with E-state index in [4.69, 9.17) is 16.3 Å². The molecule has 8 heteroatoms. The molecule has 0 aliphatic carbocycles. The van der Waals surface area contributed by atoms with Gasteiger partial charge in [0.05, 0.1) is 7.11 Å². The monoisotopic (exact) mass is 452 g/mol. The number of methoxy groups -OCH3 is 1. The van der Waals surface area contributed by atoms with Crippen molar-refractivity contribution in [3.05, 3.63) is 100 Å². The van der Waals surface area contributed by atoms with Crippen molar-refractivity contribution in [3.8, 4) is 5.75 Å². The summed E-state index contributed by atoms with van der Waals surface area (Å²) in [6.45, 7) is 0. The number of carbonyl (C=O) groups is 2. The molecule has 6 nitrogen and oxygen atoms in total. The smallest absolute Gasteiger partial charge is 0.304 e. The van der Waals surface area contributed by atoms with Crippen molar-refractivity contribution >= 4 is 29.6 Å². The molecular weight excluding hydrogens is 433 g/mol. The first-order valence-corrected chi connectivity index (χ1v) is 10.2. The molecule has 2 amide bonds. The maximum Gasteiger partial charge on any atom is 0.304 e. The van der Waals surface area contributed by atoms with Gasteiger partial charge in [0.15, 0.2) is 6.04 Å². The normalized spacial score (nSPS) is 19.0. The lowest BCUT2D eigenvalue weighted by atomic mass is 9.99. The van der Waals surface area contributed by atoms with E-state index < -0.39 is 23.8 Å². The summed E-state index contributed by atoms with van der Waals surface area (Å²) in [7, 11) is 1.58. The van der Waals surface area contributed by atoms with Crippen LogP contribution in [0.5, 0.6) is 5.75 Å². The number of benzene rings is 3. The highest BCUT2D eigenvalue weighted by atomic mass is 35.5. The Morgan fingerprint density at radius 3 is 2.53 bits per heavy atom. The molecule has 1 aliphatic rings. The predicted molar refractivity (Wildman–Crippen MR) is 118 cm³/mol. The quantitative estimate of drug-likeness (QED) is 0.582. The Bertz CT molecular complexity index is 1180. The number of nitrogens with zero attached hydrogens (tertiary/aromatic N) is 1. The average Bonchev–Trinajstić information content (AvgIpc) is 3.09. The first-order chi connectivity index (χ1) is 15.4. The van der Waals surface area contributed by atoms with Crippen LogP contribution in [0, 0.1) is 5.82 Å². The van der Waals surface area contributed by atoms with Crippen LogP contribution in [-0.2, 0) is 4.79 Å². The van der Waals surface area contributed by atoms with Crippen molar-refractivity contribution in [3.63, 3.8) is 0 Å². The second kappa shape index (κ2) is 9.20.